The van der Waals surface area contributed by atoms with Gasteiger partial charge < -0.3 is 26.6 Å². The smallest absolute Gasteiger partial charge is 0.262 e. The van der Waals surface area contributed by atoms with Crippen molar-refractivity contribution in [2.24, 2.45) is 5.73 Å². The Morgan fingerprint density at radius 3 is 1.67 bits per heavy atom. The predicted octanol–water partition coefficient (Wildman–Crippen LogP) is 4.85. The van der Waals surface area contributed by atoms with Gasteiger partial charge in [-0.1, -0.05) is 127 Å². The summed E-state index contributed by atoms with van der Waals surface area (Å²) in [5.74, 6) is -4.98. The summed E-state index contributed by atoms with van der Waals surface area (Å²) in [6.45, 7) is 0. The summed E-state index contributed by atoms with van der Waals surface area (Å²) in [4.78, 5) is 65.7. The van der Waals surface area contributed by atoms with Gasteiger partial charge in [0, 0.05) is 18.8 Å². The zero-order valence-corrected chi connectivity index (χ0v) is 29.3. The van der Waals surface area contributed by atoms with Crippen molar-refractivity contribution >= 4 is 42.3 Å². The first-order chi connectivity index (χ1) is 24.6. The van der Waals surface area contributed by atoms with Crippen LogP contribution in [0.2, 0.25) is 0 Å². The molecule has 10 nitrogen and oxygen atoms in total. The Hall–Kier alpha value is -5.35. The summed E-state index contributed by atoms with van der Waals surface area (Å²) >= 11 is 1.18. The number of hydrogen-bond donors (Lipinski definition) is 5. The third kappa shape index (κ3) is 10.3. The predicted molar refractivity (Wildman–Crippen MR) is 198 cm³/mol. The third-order valence-corrected chi connectivity index (χ3v) is 11.3. The lowest BCUT2D eigenvalue weighted by molar-refractivity contribution is -0.131. The fourth-order valence-electron chi connectivity index (χ4n) is 5.83. The molecule has 0 spiro atoms. The highest BCUT2D eigenvalue weighted by Crippen LogP contribution is 2.46. The van der Waals surface area contributed by atoms with Crippen LogP contribution in [0.25, 0.3) is 0 Å². The molecule has 1 heterocycles. The van der Waals surface area contributed by atoms with Crippen molar-refractivity contribution in [3.05, 3.63) is 166 Å². The molecule has 4 amide bonds. The second kappa shape index (κ2) is 17.5. The van der Waals surface area contributed by atoms with Gasteiger partial charge in [-0.25, -0.2) is 0 Å². The lowest BCUT2D eigenvalue weighted by Gasteiger charge is -2.30. The van der Waals surface area contributed by atoms with Gasteiger partial charge in [0.25, 0.3) is 5.91 Å². The molecule has 0 aliphatic carbocycles. The van der Waals surface area contributed by atoms with E-state index in [-0.39, 0.29) is 12.8 Å². The van der Waals surface area contributed by atoms with Gasteiger partial charge in [-0.05, 0) is 33.7 Å². The zero-order chi connectivity index (χ0) is 36.2. The van der Waals surface area contributed by atoms with E-state index in [0.717, 1.165) is 5.56 Å². The molecular weight excluding hydrogens is 683 g/mol. The maximum atomic E-state index is 14.3. The zero-order valence-electron chi connectivity index (χ0n) is 27.6. The molecular formula is C39H39N4O6PS. The Morgan fingerprint density at radius 2 is 1.18 bits per heavy atom. The van der Waals surface area contributed by atoms with Crippen molar-refractivity contribution in [2.45, 2.75) is 36.6 Å². The normalized spacial score (nSPS) is 14.0. The summed E-state index contributed by atoms with van der Waals surface area (Å²) in [5.41, 5.74) is 8.55. The Morgan fingerprint density at radius 1 is 0.667 bits per heavy atom. The van der Waals surface area contributed by atoms with E-state index < -0.39 is 60.9 Å². The number of hydrogen-bond acceptors (Lipinski definition) is 6. The van der Waals surface area contributed by atoms with Crippen LogP contribution in [0.5, 0.6) is 0 Å². The van der Waals surface area contributed by atoms with Crippen molar-refractivity contribution in [2.75, 3.05) is 6.16 Å². The molecule has 4 aromatic carbocycles. The average Bonchev–Trinajstić information content (AvgIpc) is 3.68. The Labute approximate surface area is 300 Å². The molecule has 0 aliphatic rings. The summed E-state index contributed by atoms with van der Waals surface area (Å²) in [6.07, 6.45) is -0.793. The van der Waals surface area contributed by atoms with E-state index in [2.05, 4.69) is 16.0 Å². The molecule has 0 radical (unpaired) electrons. The van der Waals surface area contributed by atoms with Crippen LogP contribution in [0.3, 0.4) is 0 Å². The van der Waals surface area contributed by atoms with E-state index in [1.807, 2.05) is 42.5 Å². The monoisotopic (exact) mass is 722 g/mol. The van der Waals surface area contributed by atoms with Crippen LogP contribution in [0.1, 0.15) is 37.8 Å². The second-order valence-electron chi connectivity index (χ2n) is 12.1. The molecule has 262 valence electrons. The van der Waals surface area contributed by atoms with E-state index in [4.69, 9.17) is 5.73 Å². The fraction of sp³-hybridized carbons (Fsp3) is 0.179. The van der Waals surface area contributed by atoms with Crippen LogP contribution >= 0.6 is 18.7 Å². The minimum atomic E-state index is -4.47. The number of carbonyl (C=O) groups is 4. The maximum absolute atomic E-state index is 14.3. The SMILES string of the molecule is NC(=O)[C@H](Cc1ccccc1)NC(=O)[C@@H](NC(=O)CP(=O)(O)C(Cc1ccccc1)NC(=O)c1cccs1)C(c1ccccc1)c1ccccc1. The second-order valence-corrected chi connectivity index (χ2v) is 15.5. The van der Waals surface area contributed by atoms with Crippen LogP contribution in [0, 0.1) is 0 Å². The van der Waals surface area contributed by atoms with Gasteiger partial charge in [0.05, 0.1) is 4.88 Å². The molecule has 5 rings (SSSR count). The molecule has 51 heavy (non-hydrogen) atoms. The summed E-state index contributed by atoms with van der Waals surface area (Å²) in [7, 11) is -4.47. The fourth-order valence-corrected chi connectivity index (χ4v) is 7.99. The lowest BCUT2D eigenvalue weighted by Crippen LogP contribution is -2.56. The molecule has 12 heteroatoms. The third-order valence-electron chi connectivity index (χ3n) is 8.36. The molecule has 0 bridgehead atoms. The molecule has 2 unspecified atom stereocenters. The van der Waals surface area contributed by atoms with Crippen molar-refractivity contribution in [3.8, 4) is 0 Å². The summed E-state index contributed by atoms with van der Waals surface area (Å²) in [5, 5.41) is 9.86. The van der Waals surface area contributed by atoms with Gasteiger partial charge in [0.15, 0.2) is 0 Å². The van der Waals surface area contributed by atoms with Gasteiger partial charge in [-0.3, -0.25) is 23.7 Å². The lowest BCUT2D eigenvalue weighted by atomic mass is 9.84. The molecule has 0 saturated carbocycles. The number of amides is 4. The highest BCUT2D eigenvalue weighted by Gasteiger charge is 2.39. The molecule has 6 N–H and O–H groups in total. The van der Waals surface area contributed by atoms with Gasteiger partial charge in [-0.2, -0.15) is 0 Å². The molecule has 0 fully saturated rings. The Bertz CT molecular complexity index is 1910. The molecule has 5 aromatic rings. The minimum absolute atomic E-state index is 0.0145. The highest BCUT2D eigenvalue weighted by atomic mass is 32.1. The van der Waals surface area contributed by atoms with Gasteiger partial charge in [0.1, 0.15) is 24.0 Å². The van der Waals surface area contributed by atoms with Gasteiger partial charge >= 0.3 is 0 Å². The largest absolute Gasteiger partial charge is 0.368 e. The number of nitrogens with two attached hydrogens (primary N) is 1. The van der Waals surface area contributed by atoms with Gasteiger partial charge in [-0.15, -0.1) is 11.3 Å². The van der Waals surface area contributed by atoms with Crippen molar-refractivity contribution in [1.29, 1.82) is 0 Å². The van der Waals surface area contributed by atoms with Crippen LogP contribution in [0.15, 0.2) is 139 Å². The molecule has 4 atom stereocenters. The quantitative estimate of drug-likeness (QED) is 0.0914. The summed E-state index contributed by atoms with van der Waals surface area (Å²) < 4.78 is 14.1. The van der Waals surface area contributed by atoms with E-state index >= 15 is 0 Å². The van der Waals surface area contributed by atoms with E-state index in [1.54, 1.807) is 96.4 Å². The van der Waals surface area contributed by atoms with Crippen LogP contribution < -0.4 is 21.7 Å². The number of nitrogens with one attached hydrogen (secondary N) is 3. The minimum Gasteiger partial charge on any atom is -0.368 e. The summed E-state index contributed by atoms with van der Waals surface area (Å²) in [6, 6.07) is 36.9. The van der Waals surface area contributed by atoms with Gasteiger partial charge in [0.2, 0.25) is 25.1 Å². The average molecular weight is 723 g/mol. The van der Waals surface area contributed by atoms with Crippen LogP contribution in [0.4, 0.5) is 0 Å². The molecule has 1 aromatic heterocycles. The first-order valence-corrected chi connectivity index (χ1v) is 19.1. The van der Waals surface area contributed by atoms with E-state index in [1.165, 1.54) is 11.3 Å². The van der Waals surface area contributed by atoms with Crippen molar-refractivity contribution < 1.29 is 28.6 Å². The first-order valence-electron chi connectivity index (χ1n) is 16.3. The van der Waals surface area contributed by atoms with Crippen molar-refractivity contribution in [3.63, 3.8) is 0 Å². The number of rotatable bonds is 16. The van der Waals surface area contributed by atoms with Crippen molar-refractivity contribution in [1.82, 2.24) is 16.0 Å². The molecule has 0 aliphatic heterocycles. The first kappa shape index (κ1) is 36.9. The number of benzene rings is 4. The highest BCUT2D eigenvalue weighted by molar-refractivity contribution is 7.59. The number of thiophene rings is 1. The Balaban J connectivity index is 1.46. The topological polar surface area (TPSA) is 168 Å². The maximum Gasteiger partial charge on any atom is 0.262 e. The van der Waals surface area contributed by atoms with E-state index in [9.17, 15) is 28.6 Å². The number of carbonyl (C=O) groups excluding carboxylic acids is 4. The van der Waals surface area contributed by atoms with Crippen LogP contribution in [-0.4, -0.2) is 52.6 Å². The standard InChI is InChI=1S/C39H39N4O6PS/c40-37(45)31(24-27-14-5-1-6-15-27)41-39(47)36(35(29-18-9-3-10-19-29)30-20-11-4-12-21-30)42-33(44)26-50(48,49)34(25-28-16-7-2-8-17-28)43-38(46)32-22-13-23-51-32/h1-23,31,34-36H,24-26H2,(H2,40,45)(H,41,47)(H,42,44)(H,43,46)(H,48,49)/t31-,34?,36-/m0/s1. The Kier molecular flexibility index (Phi) is 12.7. The number of primary amides is 1. The van der Waals surface area contributed by atoms with E-state index in [0.29, 0.717) is 21.6 Å². The van der Waals surface area contributed by atoms with Crippen LogP contribution in [-0.2, 0) is 31.8 Å². The molecule has 0 saturated heterocycles.